The highest BCUT2D eigenvalue weighted by atomic mass is 31.2. The van der Waals surface area contributed by atoms with Crippen LogP contribution in [0, 0.1) is 0 Å². The monoisotopic (exact) mass is 848 g/mol. The summed E-state index contributed by atoms with van der Waals surface area (Å²) in [6.07, 6.45) is 0.185. The molecule has 1 aliphatic carbocycles. The Kier molecular flexibility index (Phi) is 11.0. The second-order valence-electron chi connectivity index (χ2n) is 15.6. The molecule has 6 nitrogen and oxygen atoms in total. The Morgan fingerprint density at radius 3 is 0.887 bits per heavy atom. The highest BCUT2D eigenvalue weighted by Gasteiger charge is 2.44. The summed E-state index contributed by atoms with van der Waals surface area (Å²) in [6.45, 7) is 0. The largest absolute Gasteiger partial charge is 0.425 e. The molecular weight excluding hydrogens is 807 g/mol. The fourth-order valence-electron chi connectivity index (χ4n) is 8.75. The lowest BCUT2D eigenvalue weighted by Gasteiger charge is -2.29. The first-order chi connectivity index (χ1) is 30.7. The van der Waals surface area contributed by atoms with Crippen LogP contribution in [0.4, 0.5) is 0 Å². The summed E-state index contributed by atoms with van der Waals surface area (Å²) in [5, 5.41) is 0. The van der Waals surface area contributed by atoms with Gasteiger partial charge in [0.15, 0.2) is 0 Å². The summed E-state index contributed by atoms with van der Waals surface area (Å²) in [5.41, 5.74) is 12.3. The zero-order valence-corrected chi connectivity index (χ0v) is 35.5. The van der Waals surface area contributed by atoms with Gasteiger partial charge < -0.3 is 9.05 Å². The van der Waals surface area contributed by atoms with Gasteiger partial charge in [0.2, 0.25) is 0 Å². The van der Waals surface area contributed by atoms with Crippen molar-refractivity contribution >= 4 is 17.2 Å². The van der Waals surface area contributed by atoms with Gasteiger partial charge in [0.1, 0.15) is 35.9 Å². The van der Waals surface area contributed by atoms with Crippen LogP contribution in [-0.2, 0) is 30.9 Å². The molecule has 8 aromatic rings. The van der Waals surface area contributed by atoms with Crippen molar-refractivity contribution in [2.45, 2.75) is 37.3 Å². The van der Waals surface area contributed by atoms with Crippen molar-refractivity contribution in [3.8, 4) is 44.9 Å². The maximum absolute atomic E-state index is 7.25. The molecule has 8 aromatic carbocycles. The van der Waals surface area contributed by atoms with Crippen LogP contribution in [0.3, 0.4) is 0 Å². The average molecular weight is 849 g/mol. The Morgan fingerprint density at radius 2 is 0.597 bits per heavy atom. The average Bonchev–Trinajstić information content (AvgIpc) is 3.98. The van der Waals surface area contributed by atoms with E-state index in [1.807, 2.05) is 84.9 Å². The predicted octanol–water partition coefficient (Wildman–Crippen LogP) is 15.1. The molecule has 8 heteroatoms. The van der Waals surface area contributed by atoms with E-state index in [0.29, 0.717) is 11.5 Å². The highest BCUT2D eigenvalue weighted by Crippen LogP contribution is 2.65. The third-order valence-electron chi connectivity index (χ3n) is 11.8. The fourth-order valence-corrected chi connectivity index (χ4v) is 11.4. The summed E-state index contributed by atoms with van der Waals surface area (Å²) in [5.74, 6) is 1.39. The minimum atomic E-state index is -1.88. The Morgan fingerprint density at radius 1 is 0.323 bits per heavy atom. The van der Waals surface area contributed by atoms with E-state index in [9.17, 15) is 0 Å². The number of rotatable bonds is 10. The molecule has 2 heterocycles. The van der Waals surface area contributed by atoms with Crippen LogP contribution in [0.15, 0.2) is 206 Å². The first-order valence-corrected chi connectivity index (χ1v) is 23.2. The summed E-state index contributed by atoms with van der Waals surface area (Å²) < 4.78 is 42.0. The van der Waals surface area contributed by atoms with E-state index in [2.05, 4.69) is 121 Å². The van der Waals surface area contributed by atoms with Gasteiger partial charge in [-0.3, -0.25) is 18.1 Å². The first kappa shape index (κ1) is 38.9. The van der Waals surface area contributed by atoms with Gasteiger partial charge in [0, 0.05) is 22.3 Å². The van der Waals surface area contributed by atoms with Crippen LogP contribution in [0.25, 0.3) is 33.4 Å². The molecule has 2 fully saturated rings. The van der Waals surface area contributed by atoms with Crippen molar-refractivity contribution in [2.75, 3.05) is 0 Å². The third-order valence-corrected chi connectivity index (χ3v) is 14.0. The number of hydrogen-bond donors (Lipinski definition) is 0. The van der Waals surface area contributed by atoms with Crippen LogP contribution in [0.2, 0.25) is 0 Å². The number of hydrogen-bond acceptors (Lipinski definition) is 6. The van der Waals surface area contributed by atoms with Gasteiger partial charge in [-0.25, -0.2) is 0 Å². The molecule has 0 saturated carbocycles. The molecule has 2 aliphatic heterocycles. The van der Waals surface area contributed by atoms with Crippen LogP contribution in [0.5, 0.6) is 11.5 Å². The molecule has 11 rings (SSSR count). The van der Waals surface area contributed by atoms with Crippen molar-refractivity contribution < 1.29 is 27.1 Å². The third kappa shape index (κ3) is 7.65. The lowest BCUT2D eigenvalue weighted by atomic mass is 9.81. The van der Waals surface area contributed by atoms with Gasteiger partial charge in [-0.1, -0.05) is 206 Å². The molecule has 4 atom stereocenters. The van der Waals surface area contributed by atoms with Gasteiger partial charge in [-0.05, 0) is 57.3 Å². The lowest BCUT2D eigenvalue weighted by molar-refractivity contribution is 0.159. The molecule has 3 aliphatic rings. The molecule has 304 valence electrons. The molecule has 0 aromatic heterocycles. The fraction of sp³-hybridized carbons (Fsp3) is 0.111. The Balaban J connectivity index is 1.06. The smallest absolute Gasteiger partial charge is 0.398 e. The topological polar surface area (TPSA) is 55.4 Å². The molecule has 0 amide bonds. The minimum absolute atomic E-state index is 0.366. The van der Waals surface area contributed by atoms with Gasteiger partial charge in [0.05, 0.1) is 0 Å². The minimum Gasteiger partial charge on any atom is -0.425 e. The quantitative estimate of drug-likeness (QED) is 0.128. The Bertz CT molecular complexity index is 2490. The predicted molar refractivity (Wildman–Crippen MR) is 246 cm³/mol. The van der Waals surface area contributed by atoms with Crippen molar-refractivity contribution in [1.29, 1.82) is 0 Å². The van der Waals surface area contributed by atoms with E-state index in [1.165, 1.54) is 0 Å². The van der Waals surface area contributed by atoms with Gasteiger partial charge in [-0.2, -0.15) is 0 Å². The molecule has 0 spiro atoms. The van der Waals surface area contributed by atoms with Crippen LogP contribution in [0.1, 0.15) is 57.8 Å². The maximum atomic E-state index is 7.25. The van der Waals surface area contributed by atoms with Crippen molar-refractivity contribution in [3.05, 3.63) is 240 Å². The molecule has 0 bridgehead atoms. The van der Waals surface area contributed by atoms with E-state index in [-0.39, 0.29) is 24.4 Å². The maximum Gasteiger partial charge on any atom is 0.398 e. The van der Waals surface area contributed by atoms with E-state index >= 15 is 0 Å². The summed E-state index contributed by atoms with van der Waals surface area (Å²) in [7, 11) is -3.76. The van der Waals surface area contributed by atoms with Crippen LogP contribution in [-0.4, -0.2) is 0 Å². The van der Waals surface area contributed by atoms with Crippen LogP contribution >= 0.6 is 17.2 Å². The van der Waals surface area contributed by atoms with Crippen molar-refractivity contribution in [3.63, 3.8) is 0 Å². The summed E-state index contributed by atoms with van der Waals surface area (Å²) in [4.78, 5) is 0. The van der Waals surface area contributed by atoms with Crippen molar-refractivity contribution in [2.24, 2.45) is 0 Å². The van der Waals surface area contributed by atoms with Crippen LogP contribution < -0.4 is 9.05 Å². The lowest BCUT2D eigenvalue weighted by Crippen LogP contribution is -2.09. The second kappa shape index (κ2) is 17.4. The molecule has 4 unspecified atom stereocenters. The van der Waals surface area contributed by atoms with Crippen molar-refractivity contribution in [1.82, 2.24) is 0 Å². The normalized spacial score (nSPS) is 21.5. The SMILES string of the molecule is c1ccc(-c2ccc3c(c2OP2OC(c4ccccc4)C(c4ccccc4)O2)-c2c(ccc(-c4ccccc4)c2OP2OC(c4ccccc4)C(c4ccccc4)O2)CC3)cc1. The van der Waals surface area contributed by atoms with E-state index in [1.54, 1.807) is 0 Å². The molecule has 62 heavy (non-hydrogen) atoms. The zero-order valence-electron chi connectivity index (χ0n) is 33.7. The first-order valence-electron chi connectivity index (χ1n) is 21.0. The summed E-state index contributed by atoms with van der Waals surface area (Å²) in [6, 6.07) is 70.7. The number of aryl methyl sites for hydroxylation is 2. The molecule has 0 radical (unpaired) electrons. The van der Waals surface area contributed by atoms with Gasteiger partial charge >= 0.3 is 17.2 Å². The summed E-state index contributed by atoms with van der Waals surface area (Å²) >= 11 is 0. The zero-order chi connectivity index (χ0) is 41.2. The Labute approximate surface area is 364 Å². The number of fused-ring (bicyclic) bond motifs is 3. The Hall–Kier alpha value is -5.94. The van der Waals surface area contributed by atoms with Gasteiger partial charge in [-0.15, -0.1) is 0 Å². The van der Waals surface area contributed by atoms with Gasteiger partial charge in [0.25, 0.3) is 0 Å². The second-order valence-corrected chi connectivity index (χ2v) is 17.7. The molecular formula is C54H42O6P2. The van der Waals surface area contributed by atoms with E-state index < -0.39 is 17.2 Å². The number of benzene rings is 8. The standard InChI is InChI=1S/C54H42O6P2/c1-7-19-37(20-8-1)45-35-33-39-31-32-40-34-36-46(38-21-9-2-10-22-38)54(60-62-57-51(43-27-15-5-16-28-43)52(58-62)44-29-17-6-18-30-44)48(40)47(39)53(45)59-61-55-49(41-23-11-3-12-24-41)50(56-61)42-25-13-4-14-26-42/h1-30,33-36,49-52H,31-32H2. The molecule has 2 saturated heterocycles. The van der Waals surface area contributed by atoms with E-state index in [4.69, 9.17) is 27.1 Å². The highest BCUT2D eigenvalue weighted by molar-refractivity contribution is 7.42. The van der Waals surface area contributed by atoms with E-state index in [0.717, 1.165) is 79.6 Å². The molecule has 0 N–H and O–H groups in total.